The van der Waals surface area contributed by atoms with E-state index in [1.165, 1.54) is 12.8 Å². The van der Waals surface area contributed by atoms with Crippen molar-refractivity contribution in [2.45, 2.75) is 64.6 Å². The zero-order chi connectivity index (χ0) is 22.2. The topological polar surface area (TPSA) is 62.6 Å². The summed E-state index contributed by atoms with van der Waals surface area (Å²) in [4.78, 5) is 43.1. The van der Waals surface area contributed by atoms with Crippen LogP contribution in [0.5, 0.6) is 0 Å². The average molecular weight is 434 g/mol. The Hall–Kier alpha value is -2.89. The van der Waals surface area contributed by atoms with Gasteiger partial charge in [-0.2, -0.15) is 0 Å². The minimum atomic E-state index is -0.178. The molecule has 3 heterocycles. The fraction of sp³-hybridized carbons (Fsp3) is 0.500. The van der Waals surface area contributed by atoms with Crippen LogP contribution in [0.25, 0.3) is 0 Å². The van der Waals surface area contributed by atoms with E-state index < -0.39 is 0 Å². The van der Waals surface area contributed by atoms with Crippen molar-refractivity contribution in [1.82, 2.24) is 14.4 Å². The molecule has 6 nitrogen and oxygen atoms in total. The van der Waals surface area contributed by atoms with Crippen molar-refractivity contribution < 1.29 is 9.59 Å². The number of pyridine rings is 1. The minimum absolute atomic E-state index is 0.0268. The lowest BCUT2D eigenvalue weighted by Gasteiger charge is -2.31. The fourth-order valence-corrected chi connectivity index (χ4v) is 5.79. The summed E-state index contributed by atoms with van der Waals surface area (Å²) in [6.45, 7) is 3.89. The predicted molar refractivity (Wildman–Crippen MR) is 122 cm³/mol. The molecule has 1 saturated heterocycles. The van der Waals surface area contributed by atoms with Gasteiger partial charge in [-0.25, -0.2) is 0 Å². The Labute approximate surface area is 188 Å². The highest BCUT2D eigenvalue weighted by atomic mass is 16.2. The monoisotopic (exact) mass is 433 g/mol. The van der Waals surface area contributed by atoms with Crippen molar-refractivity contribution in [3.63, 3.8) is 0 Å². The van der Waals surface area contributed by atoms with Gasteiger partial charge in [0.2, 0.25) is 5.91 Å². The van der Waals surface area contributed by atoms with Gasteiger partial charge >= 0.3 is 0 Å². The van der Waals surface area contributed by atoms with Gasteiger partial charge < -0.3 is 14.4 Å². The Balaban J connectivity index is 1.52. The Morgan fingerprint density at radius 3 is 2.69 bits per heavy atom. The van der Waals surface area contributed by atoms with Gasteiger partial charge in [0.05, 0.1) is 0 Å². The molecular formula is C26H31N3O3. The molecule has 2 aliphatic heterocycles. The normalized spacial score (nSPS) is 22.0. The quantitative estimate of drug-likeness (QED) is 0.745. The molecule has 2 bridgehead atoms. The highest BCUT2D eigenvalue weighted by molar-refractivity contribution is 5.96. The first-order valence-electron chi connectivity index (χ1n) is 11.9. The van der Waals surface area contributed by atoms with Crippen LogP contribution in [-0.4, -0.2) is 45.3 Å². The Morgan fingerprint density at radius 1 is 1.12 bits per heavy atom. The molecule has 0 radical (unpaired) electrons. The molecule has 5 rings (SSSR count). The van der Waals surface area contributed by atoms with E-state index >= 15 is 0 Å². The van der Waals surface area contributed by atoms with Crippen molar-refractivity contribution in [1.29, 1.82) is 0 Å². The van der Waals surface area contributed by atoms with E-state index in [1.54, 1.807) is 16.4 Å². The first-order valence-corrected chi connectivity index (χ1v) is 11.9. The van der Waals surface area contributed by atoms with Gasteiger partial charge in [-0.15, -0.1) is 0 Å². The molecule has 1 aromatic carbocycles. The lowest BCUT2D eigenvalue weighted by molar-refractivity contribution is -0.129. The molecule has 0 N–H and O–H groups in total. The van der Waals surface area contributed by atoms with Crippen molar-refractivity contribution in [2.75, 3.05) is 13.1 Å². The van der Waals surface area contributed by atoms with Crippen LogP contribution in [-0.2, 0) is 30.7 Å². The SMILES string of the molecule is CC(=O)N1CCc2c(cn(CCc3ccccc3)c(=O)c2C(=O)N2C[C@@H]3CCC[C@H]2C3)C1. The largest absolute Gasteiger partial charge is 0.338 e. The summed E-state index contributed by atoms with van der Waals surface area (Å²) in [5, 5.41) is 0. The molecule has 0 unspecified atom stereocenters. The van der Waals surface area contributed by atoms with Crippen LogP contribution in [0.1, 0.15) is 59.7 Å². The highest BCUT2D eigenvalue weighted by Crippen LogP contribution is 2.36. The first kappa shape index (κ1) is 21.0. The first-order chi connectivity index (χ1) is 15.5. The van der Waals surface area contributed by atoms with E-state index in [4.69, 9.17) is 0 Å². The van der Waals surface area contributed by atoms with Gasteiger partial charge in [-0.1, -0.05) is 36.8 Å². The maximum atomic E-state index is 13.8. The second-order valence-electron chi connectivity index (χ2n) is 9.58. The zero-order valence-electron chi connectivity index (χ0n) is 18.8. The van der Waals surface area contributed by atoms with Crippen LogP contribution in [0, 0.1) is 5.92 Å². The second-order valence-corrected chi connectivity index (χ2v) is 9.58. The number of carbonyl (C=O) groups excluding carboxylic acids is 2. The van der Waals surface area contributed by atoms with Crippen LogP contribution >= 0.6 is 0 Å². The van der Waals surface area contributed by atoms with Crippen molar-refractivity contribution in [3.8, 4) is 0 Å². The number of fused-ring (bicyclic) bond motifs is 3. The molecule has 0 spiro atoms. The van der Waals surface area contributed by atoms with Crippen LogP contribution in [0.2, 0.25) is 0 Å². The maximum Gasteiger partial charge on any atom is 0.263 e. The summed E-state index contributed by atoms with van der Waals surface area (Å²) in [5.74, 6) is 0.510. The lowest BCUT2D eigenvalue weighted by atomic mass is 9.90. The van der Waals surface area contributed by atoms with Gasteiger partial charge in [-0.05, 0) is 54.7 Å². The third kappa shape index (κ3) is 3.87. The van der Waals surface area contributed by atoms with Gasteiger partial charge in [0, 0.05) is 45.3 Å². The molecule has 1 aliphatic carbocycles. The Kier molecular flexibility index (Phi) is 5.62. The summed E-state index contributed by atoms with van der Waals surface area (Å²) in [6, 6.07) is 10.3. The molecule has 32 heavy (non-hydrogen) atoms. The molecule has 2 fully saturated rings. The summed E-state index contributed by atoms with van der Waals surface area (Å²) < 4.78 is 1.70. The number of nitrogens with zero attached hydrogens (tertiary/aromatic N) is 3. The number of hydrogen-bond acceptors (Lipinski definition) is 3. The number of carbonyl (C=O) groups is 2. The van der Waals surface area contributed by atoms with Crippen molar-refractivity contribution in [3.05, 3.63) is 69.1 Å². The van der Waals surface area contributed by atoms with Gasteiger partial charge in [0.25, 0.3) is 11.5 Å². The lowest BCUT2D eigenvalue weighted by Crippen LogP contribution is -2.43. The number of rotatable bonds is 4. The third-order valence-electron chi connectivity index (χ3n) is 7.52. The standard InChI is InChI=1S/C26H31N3O3/c1-18(30)27-13-11-23-21(16-27)17-28(12-10-19-6-3-2-4-7-19)25(31)24(23)26(32)29-15-20-8-5-9-22(29)14-20/h2-4,6-7,17,20,22H,5,8-16H2,1H3/t20-,22+/m1/s1. The number of likely N-dealkylation sites (tertiary alicyclic amines) is 1. The van der Waals surface area contributed by atoms with Crippen molar-refractivity contribution >= 4 is 11.8 Å². The smallest absolute Gasteiger partial charge is 0.263 e. The number of benzene rings is 1. The third-order valence-corrected chi connectivity index (χ3v) is 7.52. The minimum Gasteiger partial charge on any atom is -0.338 e. The van der Waals surface area contributed by atoms with Gasteiger partial charge in [0.15, 0.2) is 0 Å². The molecule has 2 atom stereocenters. The summed E-state index contributed by atoms with van der Waals surface area (Å²) in [6.07, 6.45) is 7.63. The molecule has 2 amide bonds. The molecule has 1 saturated carbocycles. The van der Waals surface area contributed by atoms with Crippen LogP contribution in [0.4, 0.5) is 0 Å². The molecule has 3 aliphatic rings. The molecule has 6 heteroatoms. The zero-order valence-corrected chi connectivity index (χ0v) is 18.8. The van der Waals surface area contributed by atoms with Crippen LogP contribution in [0.15, 0.2) is 41.3 Å². The van der Waals surface area contributed by atoms with E-state index in [9.17, 15) is 14.4 Å². The van der Waals surface area contributed by atoms with Gasteiger partial charge in [-0.3, -0.25) is 14.4 Å². The Morgan fingerprint density at radius 2 is 1.94 bits per heavy atom. The Bertz CT molecular complexity index is 1090. The molecule has 168 valence electrons. The van der Waals surface area contributed by atoms with E-state index in [2.05, 4.69) is 12.1 Å². The second kappa shape index (κ2) is 8.57. The number of aromatic nitrogens is 1. The summed E-state index contributed by atoms with van der Waals surface area (Å²) >= 11 is 0. The van der Waals surface area contributed by atoms with E-state index in [0.717, 1.165) is 42.5 Å². The van der Waals surface area contributed by atoms with Crippen molar-refractivity contribution in [2.24, 2.45) is 5.92 Å². The maximum absolute atomic E-state index is 13.8. The van der Waals surface area contributed by atoms with E-state index in [-0.39, 0.29) is 23.4 Å². The number of hydrogen-bond donors (Lipinski definition) is 0. The van der Waals surface area contributed by atoms with E-state index in [0.29, 0.717) is 37.5 Å². The average Bonchev–Trinajstić information content (AvgIpc) is 3.10. The number of aryl methyl sites for hydroxylation is 2. The summed E-state index contributed by atoms with van der Waals surface area (Å²) in [7, 11) is 0. The fourth-order valence-electron chi connectivity index (χ4n) is 5.79. The van der Waals surface area contributed by atoms with Gasteiger partial charge in [0.1, 0.15) is 5.56 Å². The molecule has 2 aromatic rings. The molecular weight excluding hydrogens is 402 g/mol. The van der Waals surface area contributed by atoms with E-state index in [1.807, 2.05) is 29.3 Å². The van der Waals surface area contributed by atoms with Crippen LogP contribution < -0.4 is 5.56 Å². The molecule has 1 aromatic heterocycles. The highest BCUT2D eigenvalue weighted by Gasteiger charge is 2.40. The summed E-state index contributed by atoms with van der Waals surface area (Å²) in [5.41, 5.74) is 3.12. The number of amides is 2. The van der Waals surface area contributed by atoms with Crippen LogP contribution in [0.3, 0.4) is 0 Å². The predicted octanol–water partition coefficient (Wildman–Crippen LogP) is 3.01.